The molecule has 0 aliphatic heterocycles. The second-order valence-electron chi connectivity index (χ2n) is 16.0. The highest BCUT2D eigenvalue weighted by atomic mass is 16.5. The first-order valence-electron chi connectivity index (χ1n) is 21.0. The third-order valence-corrected chi connectivity index (χ3v) is 11.6. The highest BCUT2D eigenvalue weighted by Gasteiger charge is 2.32. The number of carbonyl (C=O) groups excluding carboxylic acids is 1. The normalized spacial score (nSPS) is 15.1. The molecule has 7 heteroatoms. The van der Waals surface area contributed by atoms with E-state index in [4.69, 9.17) is 9.47 Å². The zero-order valence-electron chi connectivity index (χ0n) is 34.5. The fourth-order valence-corrected chi connectivity index (χ4v) is 8.21. The lowest BCUT2D eigenvalue weighted by Crippen LogP contribution is -2.28. The fourth-order valence-electron chi connectivity index (χ4n) is 8.21. The van der Waals surface area contributed by atoms with Gasteiger partial charge in [0.25, 0.3) is 0 Å². The summed E-state index contributed by atoms with van der Waals surface area (Å²) in [5.74, 6) is 1.75. The molecule has 7 nitrogen and oxygen atoms in total. The largest absolute Gasteiger partial charge is 0.492 e. The van der Waals surface area contributed by atoms with Gasteiger partial charge in [-0.25, -0.2) is 4.79 Å². The highest BCUT2D eigenvalue weighted by molar-refractivity contribution is 5.86. The summed E-state index contributed by atoms with van der Waals surface area (Å²) in [6.07, 6.45) is 14.2. The Morgan fingerprint density at radius 3 is 1.95 bits per heavy atom. The minimum atomic E-state index is -0.939. The van der Waals surface area contributed by atoms with Gasteiger partial charge >= 0.3 is 5.97 Å². The first-order valence-corrected chi connectivity index (χ1v) is 21.0. The van der Waals surface area contributed by atoms with Gasteiger partial charge in [0.15, 0.2) is 0 Å². The first kappa shape index (κ1) is 44.3. The predicted octanol–water partition coefficient (Wildman–Crippen LogP) is 12.4. The number of aryl methyl sites for hydroxylation is 3. The summed E-state index contributed by atoms with van der Waals surface area (Å²) < 4.78 is 12.0. The second-order valence-corrected chi connectivity index (χ2v) is 16.0. The highest BCUT2D eigenvalue weighted by Crippen LogP contribution is 2.40. The summed E-state index contributed by atoms with van der Waals surface area (Å²) in [5, 5.41) is 38.3. The lowest BCUT2D eigenvalue weighted by molar-refractivity contribution is -0.139. The molecule has 0 N–H and O–H groups in total. The summed E-state index contributed by atoms with van der Waals surface area (Å²) in [4.78, 5) is 12.1. The number of ether oxygens (including phenoxy) is 2. The van der Waals surface area contributed by atoms with Crippen molar-refractivity contribution < 1.29 is 14.3 Å². The standard InChI is InChI=1S/C50H60N4O3/c1-5-7-8-12-38-15-17-40(18-16-38)41-19-21-42(22-20-41)43-23-24-47(39(6-2)33-43)46-34-44(13-9-10-28-51)48(45(35-46)14-11-32-56-49(55)37(3)4)57-36-50(25-29-52,26-30-53)27-31-54/h19-24,33-35,38,40H,3,5-18,25-27,32,36H2,1-2,4H3. The Morgan fingerprint density at radius 2 is 1.37 bits per heavy atom. The SMILES string of the molecule is C=C(C)C(=O)OCCCc1cc(-c2ccc(-c3ccc(C4CCC(CCCCC)CC4)cc3)cc2CC)cc(CCCC#N)c1OCC(CC#N)(CC#N)CC#N. The number of carbonyl (C=O) groups is 1. The molecule has 0 saturated heterocycles. The van der Waals surface area contributed by atoms with Gasteiger partial charge in [-0.05, 0) is 133 Å². The lowest BCUT2D eigenvalue weighted by atomic mass is 9.77. The number of hydrogen-bond acceptors (Lipinski definition) is 7. The predicted molar refractivity (Wildman–Crippen MR) is 227 cm³/mol. The number of nitrogens with zero attached hydrogens (tertiary/aromatic N) is 4. The molecular weight excluding hydrogens is 705 g/mol. The van der Waals surface area contributed by atoms with Crippen molar-refractivity contribution in [1.29, 1.82) is 21.0 Å². The maximum atomic E-state index is 12.1. The van der Waals surface area contributed by atoms with Crippen LogP contribution in [-0.4, -0.2) is 19.2 Å². The van der Waals surface area contributed by atoms with Crippen LogP contribution in [0.15, 0.2) is 66.7 Å². The number of rotatable bonds is 22. The molecule has 0 amide bonds. The maximum absolute atomic E-state index is 12.1. The van der Waals surface area contributed by atoms with Crippen molar-refractivity contribution >= 4 is 5.97 Å². The number of benzene rings is 3. The van der Waals surface area contributed by atoms with Gasteiger partial charge in [-0.1, -0.05) is 88.6 Å². The molecule has 3 aromatic carbocycles. The Bertz CT molecular complexity index is 1920. The molecule has 0 unspecified atom stereocenters. The van der Waals surface area contributed by atoms with Crippen molar-refractivity contribution in [2.45, 2.75) is 136 Å². The quantitative estimate of drug-likeness (QED) is 0.0565. The Balaban J connectivity index is 1.66. The summed E-state index contributed by atoms with van der Waals surface area (Å²) in [6, 6.07) is 28.9. The van der Waals surface area contributed by atoms with Crippen molar-refractivity contribution in [3.63, 3.8) is 0 Å². The molecular formula is C50H60N4O3. The van der Waals surface area contributed by atoms with Gasteiger partial charge in [0, 0.05) is 36.7 Å². The van der Waals surface area contributed by atoms with Crippen molar-refractivity contribution in [1.82, 2.24) is 0 Å². The van der Waals surface area contributed by atoms with Crippen LogP contribution in [0.1, 0.15) is 139 Å². The van der Waals surface area contributed by atoms with E-state index in [0.29, 0.717) is 49.3 Å². The third-order valence-electron chi connectivity index (χ3n) is 11.6. The van der Waals surface area contributed by atoms with E-state index in [9.17, 15) is 25.8 Å². The van der Waals surface area contributed by atoms with Gasteiger partial charge in [-0.2, -0.15) is 21.0 Å². The van der Waals surface area contributed by atoms with Crippen molar-refractivity contribution in [3.8, 4) is 52.3 Å². The monoisotopic (exact) mass is 764 g/mol. The van der Waals surface area contributed by atoms with E-state index in [1.165, 1.54) is 73.6 Å². The van der Waals surface area contributed by atoms with Gasteiger partial charge in [0.05, 0.1) is 37.5 Å². The average Bonchev–Trinajstić information content (AvgIpc) is 3.22. The van der Waals surface area contributed by atoms with E-state index in [1.54, 1.807) is 6.92 Å². The van der Waals surface area contributed by atoms with Crippen LogP contribution in [0, 0.1) is 56.7 Å². The topological polar surface area (TPSA) is 131 Å². The molecule has 4 rings (SSSR count). The molecule has 57 heavy (non-hydrogen) atoms. The number of unbranched alkanes of at least 4 members (excludes halogenated alkanes) is 3. The van der Waals surface area contributed by atoms with Gasteiger partial charge < -0.3 is 9.47 Å². The van der Waals surface area contributed by atoms with Crippen LogP contribution in [-0.2, 0) is 28.8 Å². The zero-order valence-corrected chi connectivity index (χ0v) is 34.5. The Hall–Kier alpha value is -5.37. The van der Waals surface area contributed by atoms with Crippen molar-refractivity contribution in [3.05, 3.63) is 89.0 Å². The van der Waals surface area contributed by atoms with Crippen molar-refractivity contribution in [2.24, 2.45) is 11.3 Å². The number of esters is 1. The van der Waals surface area contributed by atoms with Gasteiger partial charge in [-0.15, -0.1) is 0 Å². The molecule has 0 atom stereocenters. The molecule has 0 heterocycles. The summed E-state index contributed by atoms with van der Waals surface area (Å²) in [6.45, 7) is 9.98. The summed E-state index contributed by atoms with van der Waals surface area (Å²) in [7, 11) is 0. The minimum Gasteiger partial charge on any atom is -0.492 e. The van der Waals surface area contributed by atoms with E-state index in [2.05, 4.69) is 99.3 Å². The molecule has 3 aromatic rings. The van der Waals surface area contributed by atoms with E-state index in [-0.39, 0.29) is 32.5 Å². The minimum absolute atomic E-state index is 0.0112. The lowest BCUT2D eigenvalue weighted by Gasteiger charge is -2.29. The van der Waals surface area contributed by atoms with Crippen molar-refractivity contribution in [2.75, 3.05) is 13.2 Å². The molecule has 0 bridgehead atoms. The molecule has 0 spiro atoms. The van der Waals surface area contributed by atoms with E-state index >= 15 is 0 Å². The van der Waals surface area contributed by atoms with Crippen LogP contribution in [0.4, 0.5) is 0 Å². The van der Waals surface area contributed by atoms with Crippen LogP contribution < -0.4 is 4.74 Å². The van der Waals surface area contributed by atoms with E-state index in [1.807, 2.05) is 0 Å². The molecule has 0 radical (unpaired) electrons. The Labute approximate surface area is 341 Å². The smallest absolute Gasteiger partial charge is 0.333 e. The van der Waals surface area contributed by atoms with Crippen LogP contribution in [0.25, 0.3) is 22.3 Å². The summed E-state index contributed by atoms with van der Waals surface area (Å²) >= 11 is 0. The maximum Gasteiger partial charge on any atom is 0.333 e. The number of nitriles is 4. The van der Waals surface area contributed by atoms with Gasteiger partial charge in [-0.3, -0.25) is 0 Å². The molecule has 298 valence electrons. The van der Waals surface area contributed by atoms with Crippen LogP contribution in [0.3, 0.4) is 0 Å². The Kier molecular flexibility index (Phi) is 17.9. The molecule has 1 aliphatic rings. The Morgan fingerprint density at radius 1 is 0.754 bits per heavy atom. The van der Waals surface area contributed by atoms with Gasteiger partial charge in [0.2, 0.25) is 0 Å². The summed E-state index contributed by atoms with van der Waals surface area (Å²) in [5.41, 5.74) is 8.43. The second kappa shape index (κ2) is 23.0. The zero-order chi connectivity index (χ0) is 41.0. The molecule has 1 aliphatic carbocycles. The van der Waals surface area contributed by atoms with E-state index < -0.39 is 11.4 Å². The van der Waals surface area contributed by atoms with E-state index in [0.717, 1.165) is 34.6 Å². The first-order chi connectivity index (χ1) is 27.7. The third kappa shape index (κ3) is 12.8. The van der Waals surface area contributed by atoms with Crippen LogP contribution in [0.2, 0.25) is 0 Å². The molecule has 1 saturated carbocycles. The molecule has 0 aromatic heterocycles. The van der Waals surface area contributed by atoms with Gasteiger partial charge in [0.1, 0.15) is 5.75 Å². The molecule has 1 fully saturated rings. The fraction of sp³-hybridized carbons (Fsp3) is 0.500. The van der Waals surface area contributed by atoms with Crippen LogP contribution in [0.5, 0.6) is 5.75 Å². The average molecular weight is 765 g/mol. The van der Waals surface area contributed by atoms with Crippen LogP contribution >= 0.6 is 0 Å². The number of hydrogen-bond donors (Lipinski definition) is 0.